The quantitative estimate of drug-likeness (QED) is 0.411. The maximum atomic E-state index is 11.0. The van der Waals surface area contributed by atoms with Crippen molar-refractivity contribution in [2.24, 2.45) is 5.92 Å². The second-order valence-corrected chi connectivity index (χ2v) is 4.37. The maximum Gasteiger partial charge on any atom is 0.305 e. The summed E-state index contributed by atoms with van der Waals surface area (Å²) in [5.41, 5.74) is 0. The van der Waals surface area contributed by atoms with E-state index in [4.69, 9.17) is 0 Å². The summed E-state index contributed by atoms with van der Waals surface area (Å²) in [7, 11) is 1.31. The molecule has 5 heteroatoms. The van der Waals surface area contributed by atoms with E-state index in [1.165, 1.54) is 13.5 Å². The largest absolute Gasteiger partial charge is 0.469 e. The predicted octanol–water partition coefficient (Wildman–Crippen LogP) is 2.17. The van der Waals surface area contributed by atoms with Crippen LogP contribution < -0.4 is 0 Å². The Labute approximate surface area is 95.3 Å². The Bertz CT molecular complexity index is 248. The zero-order valence-electron chi connectivity index (χ0n) is 9.68. The molecule has 0 N–H and O–H groups in total. The first-order valence-corrected chi connectivity index (χ1v) is 5.85. The van der Waals surface area contributed by atoms with Crippen molar-refractivity contribution in [3.8, 4) is 0 Å². The Morgan fingerprint density at radius 3 is 2.56 bits per heavy atom. The van der Waals surface area contributed by atoms with Crippen LogP contribution in [0.2, 0.25) is 0 Å². The fourth-order valence-electron chi connectivity index (χ4n) is 2.40. The first-order valence-electron chi connectivity index (χ1n) is 5.85. The number of hydrogen-bond acceptors (Lipinski definition) is 4. The average Bonchev–Trinajstić information content (AvgIpc) is 2.30. The molecule has 1 atom stereocenters. The van der Waals surface area contributed by atoms with Crippen LogP contribution in [0.1, 0.15) is 44.9 Å². The van der Waals surface area contributed by atoms with Gasteiger partial charge in [0.2, 0.25) is 6.04 Å². The van der Waals surface area contributed by atoms with Crippen LogP contribution in [0.3, 0.4) is 0 Å². The molecule has 1 unspecified atom stereocenters. The Kier molecular flexibility index (Phi) is 5.22. The number of methoxy groups -OCH3 is 1. The highest BCUT2D eigenvalue weighted by Crippen LogP contribution is 2.29. The molecule has 0 spiro atoms. The smallest absolute Gasteiger partial charge is 0.305 e. The first kappa shape index (κ1) is 12.9. The number of ether oxygens (including phenoxy) is 1. The lowest BCUT2D eigenvalue weighted by atomic mass is 9.82. The average molecular weight is 229 g/mol. The minimum atomic E-state index is -0.570. The number of rotatable bonds is 5. The summed E-state index contributed by atoms with van der Waals surface area (Å²) in [6, 6.07) is -0.570. The van der Waals surface area contributed by atoms with E-state index in [1.807, 2.05) is 0 Å². The van der Waals surface area contributed by atoms with Crippen LogP contribution in [-0.2, 0) is 9.53 Å². The van der Waals surface area contributed by atoms with Crippen LogP contribution in [0.4, 0.5) is 0 Å². The highest BCUT2D eigenvalue weighted by atomic mass is 16.6. The standard InChI is InChI=1S/C11H19NO4/c1-16-11(13)8-7-10(12(14)15)9-5-3-2-4-6-9/h9-10H,2-8H2,1H3. The van der Waals surface area contributed by atoms with Crippen molar-refractivity contribution in [3.63, 3.8) is 0 Å². The van der Waals surface area contributed by atoms with Gasteiger partial charge in [-0.15, -0.1) is 0 Å². The molecular formula is C11H19NO4. The topological polar surface area (TPSA) is 69.4 Å². The number of carbonyl (C=O) groups is 1. The SMILES string of the molecule is COC(=O)CCC(C1CCCCC1)[N+](=O)[O-]. The van der Waals surface area contributed by atoms with Gasteiger partial charge >= 0.3 is 5.97 Å². The van der Waals surface area contributed by atoms with E-state index < -0.39 is 6.04 Å². The van der Waals surface area contributed by atoms with Crippen LogP contribution in [0.15, 0.2) is 0 Å². The van der Waals surface area contributed by atoms with Gasteiger partial charge in [-0.05, 0) is 12.8 Å². The molecule has 1 aliphatic carbocycles. The van der Waals surface area contributed by atoms with E-state index in [0.29, 0.717) is 6.42 Å². The van der Waals surface area contributed by atoms with Gasteiger partial charge in [-0.2, -0.15) is 0 Å². The molecular weight excluding hydrogens is 210 g/mol. The van der Waals surface area contributed by atoms with E-state index in [1.54, 1.807) is 0 Å². The van der Waals surface area contributed by atoms with Gasteiger partial charge in [-0.3, -0.25) is 14.9 Å². The number of esters is 1. The second-order valence-electron chi connectivity index (χ2n) is 4.37. The maximum absolute atomic E-state index is 11.0. The van der Waals surface area contributed by atoms with E-state index in [0.717, 1.165) is 25.7 Å². The zero-order chi connectivity index (χ0) is 12.0. The molecule has 1 aliphatic rings. The molecule has 0 heterocycles. The van der Waals surface area contributed by atoms with Crippen molar-refractivity contribution in [3.05, 3.63) is 10.1 Å². The molecule has 0 saturated heterocycles. The third-order valence-corrected chi connectivity index (χ3v) is 3.34. The van der Waals surface area contributed by atoms with E-state index >= 15 is 0 Å². The highest BCUT2D eigenvalue weighted by molar-refractivity contribution is 5.69. The lowest BCUT2D eigenvalue weighted by Crippen LogP contribution is -2.31. The van der Waals surface area contributed by atoms with Crippen LogP contribution in [0.25, 0.3) is 0 Å². The summed E-state index contributed by atoms with van der Waals surface area (Å²) in [5, 5.41) is 11.0. The van der Waals surface area contributed by atoms with Crippen molar-refractivity contribution in [1.29, 1.82) is 0 Å². The molecule has 0 bridgehead atoms. The molecule has 92 valence electrons. The lowest BCUT2D eigenvalue weighted by Gasteiger charge is -2.24. The van der Waals surface area contributed by atoms with Gasteiger partial charge < -0.3 is 4.74 Å². The minimum absolute atomic E-state index is 0.147. The Balaban J connectivity index is 2.46. The summed E-state index contributed by atoms with van der Waals surface area (Å²) in [4.78, 5) is 21.7. The van der Waals surface area contributed by atoms with Gasteiger partial charge in [0.25, 0.3) is 0 Å². The molecule has 0 aliphatic heterocycles. The van der Waals surface area contributed by atoms with Crippen LogP contribution >= 0.6 is 0 Å². The molecule has 5 nitrogen and oxygen atoms in total. The molecule has 0 aromatic rings. The van der Waals surface area contributed by atoms with Crippen molar-refractivity contribution in [1.82, 2.24) is 0 Å². The normalized spacial score (nSPS) is 19.1. The van der Waals surface area contributed by atoms with Crippen LogP contribution in [0, 0.1) is 16.0 Å². The summed E-state index contributed by atoms with van der Waals surface area (Å²) >= 11 is 0. The summed E-state index contributed by atoms with van der Waals surface area (Å²) in [5.74, 6) is -0.212. The fraction of sp³-hybridized carbons (Fsp3) is 0.909. The summed E-state index contributed by atoms with van der Waals surface area (Å²) in [6.07, 6.45) is 5.64. The summed E-state index contributed by atoms with van der Waals surface area (Å²) < 4.78 is 4.51. The van der Waals surface area contributed by atoms with Gasteiger partial charge in [0.05, 0.1) is 13.5 Å². The Hall–Kier alpha value is -1.13. The van der Waals surface area contributed by atoms with Crippen LogP contribution in [-0.4, -0.2) is 24.0 Å². The number of nitrogens with zero attached hydrogens (tertiary/aromatic N) is 1. The first-order chi connectivity index (χ1) is 7.65. The van der Waals surface area contributed by atoms with Gasteiger partial charge in [0.1, 0.15) is 0 Å². The van der Waals surface area contributed by atoms with E-state index in [2.05, 4.69) is 4.74 Å². The fourth-order valence-corrected chi connectivity index (χ4v) is 2.40. The second kappa shape index (κ2) is 6.45. The molecule has 0 aromatic heterocycles. The predicted molar refractivity (Wildman–Crippen MR) is 58.6 cm³/mol. The molecule has 0 amide bonds. The third-order valence-electron chi connectivity index (χ3n) is 3.34. The monoisotopic (exact) mass is 229 g/mol. The van der Waals surface area contributed by atoms with Crippen molar-refractivity contribution >= 4 is 5.97 Å². The third kappa shape index (κ3) is 3.79. The van der Waals surface area contributed by atoms with Gasteiger partial charge in [0, 0.05) is 17.3 Å². The van der Waals surface area contributed by atoms with Gasteiger partial charge in [-0.25, -0.2) is 0 Å². The van der Waals surface area contributed by atoms with E-state index in [9.17, 15) is 14.9 Å². The molecule has 1 fully saturated rings. The summed E-state index contributed by atoms with van der Waals surface area (Å²) in [6.45, 7) is 0. The van der Waals surface area contributed by atoms with E-state index in [-0.39, 0.29) is 23.2 Å². The number of carbonyl (C=O) groups excluding carboxylic acids is 1. The Morgan fingerprint density at radius 1 is 1.44 bits per heavy atom. The number of nitro groups is 1. The lowest BCUT2D eigenvalue weighted by molar-refractivity contribution is -0.534. The van der Waals surface area contributed by atoms with Gasteiger partial charge in [-0.1, -0.05) is 19.3 Å². The van der Waals surface area contributed by atoms with Crippen molar-refractivity contribution in [2.75, 3.05) is 7.11 Å². The van der Waals surface area contributed by atoms with Crippen LogP contribution in [0.5, 0.6) is 0 Å². The van der Waals surface area contributed by atoms with Crippen molar-refractivity contribution < 1.29 is 14.5 Å². The molecule has 0 radical (unpaired) electrons. The molecule has 1 saturated carbocycles. The molecule has 0 aromatic carbocycles. The molecule has 16 heavy (non-hydrogen) atoms. The number of hydrogen-bond donors (Lipinski definition) is 0. The highest BCUT2D eigenvalue weighted by Gasteiger charge is 2.32. The van der Waals surface area contributed by atoms with Gasteiger partial charge in [0.15, 0.2) is 0 Å². The zero-order valence-corrected chi connectivity index (χ0v) is 9.68. The van der Waals surface area contributed by atoms with Crippen molar-refractivity contribution in [2.45, 2.75) is 51.0 Å². The minimum Gasteiger partial charge on any atom is -0.469 e. The molecule has 1 rings (SSSR count). The Morgan fingerprint density at radius 2 is 2.06 bits per heavy atom.